The molecule has 1 aliphatic rings. The molecule has 1 unspecified atom stereocenters. The van der Waals surface area contributed by atoms with Gasteiger partial charge in [-0.1, -0.05) is 6.92 Å². The van der Waals surface area contributed by atoms with Crippen LogP contribution < -0.4 is 5.32 Å². The lowest BCUT2D eigenvalue weighted by Gasteiger charge is -2.25. The summed E-state index contributed by atoms with van der Waals surface area (Å²) in [5.41, 5.74) is 2.40. The summed E-state index contributed by atoms with van der Waals surface area (Å²) < 4.78 is 4.09. The molecule has 2 aromatic heterocycles. The van der Waals surface area contributed by atoms with Crippen molar-refractivity contribution in [3.63, 3.8) is 0 Å². The Morgan fingerprint density at radius 2 is 2.35 bits per heavy atom. The molecule has 0 bridgehead atoms. The van der Waals surface area contributed by atoms with Crippen LogP contribution in [-0.4, -0.2) is 25.9 Å². The molecule has 0 saturated heterocycles. The van der Waals surface area contributed by atoms with Crippen molar-refractivity contribution in [3.05, 3.63) is 29.8 Å². The highest BCUT2D eigenvalue weighted by Gasteiger charge is 2.23. The van der Waals surface area contributed by atoms with Gasteiger partial charge in [-0.25, -0.2) is 4.98 Å². The zero-order valence-corrected chi connectivity index (χ0v) is 10.2. The van der Waals surface area contributed by atoms with Gasteiger partial charge in [-0.3, -0.25) is 4.68 Å². The maximum atomic E-state index is 4.58. The van der Waals surface area contributed by atoms with E-state index < -0.39 is 0 Å². The standard InChI is InChI=1S/C12H17N5/c1-3-10-8-17-11(4-5-13-12(17)15-10)9-6-14-16(2)7-9/h6-8,11H,3-5H2,1-2H3,(H,13,15). The van der Waals surface area contributed by atoms with Crippen molar-refractivity contribution >= 4 is 5.95 Å². The number of hydrogen-bond donors (Lipinski definition) is 1. The Bertz CT molecular complexity index is 525. The van der Waals surface area contributed by atoms with Crippen molar-refractivity contribution in [1.82, 2.24) is 19.3 Å². The monoisotopic (exact) mass is 231 g/mol. The Kier molecular flexibility index (Phi) is 2.39. The number of aryl methyl sites for hydroxylation is 2. The summed E-state index contributed by atoms with van der Waals surface area (Å²) in [5.74, 6) is 0.988. The molecular weight excluding hydrogens is 214 g/mol. The highest BCUT2D eigenvalue weighted by atomic mass is 15.3. The predicted octanol–water partition coefficient (Wildman–Crippen LogP) is 1.58. The van der Waals surface area contributed by atoms with Crippen LogP contribution in [0.1, 0.15) is 30.6 Å². The van der Waals surface area contributed by atoms with E-state index in [-0.39, 0.29) is 0 Å². The van der Waals surface area contributed by atoms with Gasteiger partial charge in [0.15, 0.2) is 0 Å². The van der Waals surface area contributed by atoms with Crippen LogP contribution >= 0.6 is 0 Å². The van der Waals surface area contributed by atoms with E-state index in [1.165, 1.54) is 5.56 Å². The third-order valence-corrected chi connectivity index (χ3v) is 3.29. The molecular formula is C12H17N5. The van der Waals surface area contributed by atoms with Crippen molar-refractivity contribution < 1.29 is 0 Å². The fourth-order valence-electron chi connectivity index (χ4n) is 2.38. The van der Waals surface area contributed by atoms with Crippen molar-refractivity contribution in [3.8, 4) is 0 Å². The molecule has 0 spiro atoms. The fourth-order valence-corrected chi connectivity index (χ4v) is 2.38. The minimum atomic E-state index is 0.368. The lowest BCUT2D eigenvalue weighted by molar-refractivity contribution is 0.529. The number of nitrogens with one attached hydrogen (secondary N) is 1. The Morgan fingerprint density at radius 3 is 3.06 bits per heavy atom. The van der Waals surface area contributed by atoms with Gasteiger partial charge in [0.2, 0.25) is 5.95 Å². The zero-order valence-electron chi connectivity index (χ0n) is 10.2. The molecule has 0 aromatic carbocycles. The summed E-state index contributed by atoms with van der Waals surface area (Å²) in [4.78, 5) is 4.58. The van der Waals surface area contributed by atoms with Gasteiger partial charge >= 0.3 is 0 Å². The first kappa shape index (κ1) is 10.4. The van der Waals surface area contributed by atoms with E-state index >= 15 is 0 Å². The second-order valence-corrected chi connectivity index (χ2v) is 4.50. The Morgan fingerprint density at radius 1 is 1.47 bits per heavy atom. The highest BCUT2D eigenvalue weighted by molar-refractivity contribution is 5.35. The van der Waals surface area contributed by atoms with E-state index in [2.05, 4.69) is 39.3 Å². The van der Waals surface area contributed by atoms with Gasteiger partial charge in [-0.05, 0) is 12.8 Å². The van der Waals surface area contributed by atoms with Crippen LogP contribution in [0.3, 0.4) is 0 Å². The van der Waals surface area contributed by atoms with Gasteiger partial charge in [0.05, 0.1) is 17.9 Å². The number of anilines is 1. The van der Waals surface area contributed by atoms with Crippen LogP contribution in [0.2, 0.25) is 0 Å². The minimum absolute atomic E-state index is 0.368. The molecule has 0 aliphatic carbocycles. The van der Waals surface area contributed by atoms with E-state index in [9.17, 15) is 0 Å². The summed E-state index contributed by atoms with van der Waals surface area (Å²) in [7, 11) is 1.96. The van der Waals surface area contributed by atoms with Gasteiger partial charge in [-0.15, -0.1) is 0 Å². The zero-order chi connectivity index (χ0) is 11.8. The maximum Gasteiger partial charge on any atom is 0.203 e. The van der Waals surface area contributed by atoms with Gasteiger partial charge in [0, 0.05) is 31.5 Å². The summed E-state index contributed by atoms with van der Waals surface area (Å²) in [6.07, 6.45) is 8.25. The fraction of sp³-hybridized carbons (Fsp3) is 0.500. The molecule has 1 atom stereocenters. The largest absolute Gasteiger partial charge is 0.356 e. The first-order valence-electron chi connectivity index (χ1n) is 6.08. The molecule has 90 valence electrons. The van der Waals surface area contributed by atoms with Crippen LogP contribution in [0.5, 0.6) is 0 Å². The molecule has 1 aliphatic heterocycles. The van der Waals surface area contributed by atoms with Crippen molar-refractivity contribution in [2.24, 2.45) is 7.05 Å². The molecule has 3 heterocycles. The first-order chi connectivity index (χ1) is 8.28. The molecule has 1 N–H and O–H groups in total. The van der Waals surface area contributed by atoms with E-state index in [4.69, 9.17) is 0 Å². The smallest absolute Gasteiger partial charge is 0.203 e. The Labute approximate surface area is 100 Å². The second-order valence-electron chi connectivity index (χ2n) is 4.50. The van der Waals surface area contributed by atoms with E-state index in [0.29, 0.717) is 6.04 Å². The lowest BCUT2D eigenvalue weighted by Crippen LogP contribution is -2.23. The summed E-state index contributed by atoms with van der Waals surface area (Å²) in [6, 6.07) is 0.368. The van der Waals surface area contributed by atoms with Crippen molar-refractivity contribution in [1.29, 1.82) is 0 Å². The first-order valence-corrected chi connectivity index (χ1v) is 6.08. The van der Waals surface area contributed by atoms with E-state index in [1.807, 2.05) is 17.9 Å². The normalized spacial score (nSPS) is 18.8. The molecule has 3 rings (SSSR count). The number of imidazole rings is 1. The third-order valence-electron chi connectivity index (χ3n) is 3.29. The van der Waals surface area contributed by atoms with Gasteiger partial charge < -0.3 is 9.88 Å². The quantitative estimate of drug-likeness (QED) is 0.853. The molecule has 0 fully saturated rings. The predicted molar refractivity (Wildman–Crippen MR) is 66.1 cm³/mol. The van der Waals surface area contributed by atoms with Gasteiger partial charge in [-0.2, -0.15) is 5.10 Å². The molecule has 5 heteroatoms. The van der Waals surface area contributed by atoms with Crippen LogP contribution in [-0.2, 0) is 13.5 Å². The molecule has 0 amide bonds. The minimum Gasteiger partial charge on any atom is -0.356 e. The SMILES string of the molecule is CCc1cn2c(n1)NCCC2c1cnn(C)c1. The Balaban J connectivity index is 2.01. The molecule has 0 saturated carbocycles. The summed E-state index contributed by atoms with van der Waals surface area (Å²) in [5, 5.41) is 7.60. The number of aromatic nitrogens is 4. The van der Waals surface area contributed by atoms with Crippen LogP contribution in [0.15, 0.2) is 18.6 Å². The molecule has 17 heavy (non-hydrogen) atoms. The van der Waals surface area contributed by atoms with Gasteiger partial charge in [0.25, 0.3) is 0 Å². The molecule has 2 aromatic rings. The highest BCUT2D eigenvalue weighted by Crippen LogP contribution is 2.29. The third kappa shape index (κ3) is 1.71. The number of rotatable bonds is 2. The number of hydrogen-bond acceptors (Lipinski definition) is 3. The number of nitrogens with zero attached hydrogens (tertiary/aromatic N) is 4. The maximum absolute atomic E-state index is 4.58. The second kappa shape index (κ2) is 3.91. The number of fused-ring (bicyclic) bond motifs is 1. The average Bonchev–Trinajstić information content (AvgIpc) is 2.93. The van der Waals surface area contributed by atoms with Crippen LogP contribution in [0.25, 0.3) is 0 Å². The average molecular weight is 231 g/mol. The Hall–Kier alpha value is -1.78. The van der Waals surface area contributed by atoms with E-state index in [1.54, 1.807) is 0 Å². The molecule has 0 radical (unpaired) electrons. The molecule has 5 nitrogen and oxygen atoms in total. The van der Waals surface area contributed by atoms with Crippen molar-refractivity contribution in [2.45, 2.75) is 25.8 Å². The van der Waals surface area contributed by atoms with E-state index in [0.717, 1.165) is 31.0 Å². The van der Waals surface area contributed by atoms with Crippen molar-refractivity contribution in [2.75, 3.05) is 11.9 Å². The summed E-state index contributed by atoms with van der Waals surface area (Å²) in [6.45, 7) is 3.10. The topological polar surface area (TPSA) is 47.7 Å². The van der Waals surface area contributed by atoms with Crippen LogP contribution in [0, 0.1) is 0 Å². The van der Waals surface area contributed by atoms with Crippen LogP contribution in [0.4, 0.5) is 5.95 Å². The van der Waals surface area contributed by atoms with Gasteiger partial charge in [0.1, 0.15) is 0 Å². The lowest BCUT2D eigenvalue weighted by atomic mass is 10.1. The summed E-state index contributed by atoms with van der Waals surface area (Å²) >= 11 is 0.